The number of hydrogen-bond donors (Lipinski definition) is 1. The third-order valence-electron chi connectivity index (χ3n) is 4.55. The first-order valence-corrected chi connectivity index (χ1v) is 7.94. The van der Waals surface area contributed by atoms with E-state index in [2.05, 4.69) is 62.2 Å². The first kappa shape index (κ1) is 12.9. The van der Waals surface area contributed by atoms with Gasteiger partial charge in [0.15, 0.2) is 5.96 Å². The molecule has 1 atom stereocenters. The fourth-order valence-corrected chi connectivity index (χ4v) is 4.02. The maximum Gasteiger partial charge on any atom is 0.196 e. The fraction of sp³-hybridized carbons (Fsp3) is 0.235. The fourth-order valence-electron chi connectivity index (χ4n) is 3.63. The third kappa shape index (κ3) is 1.82. The number of hydrogen-bond acceptors (Lipinski definition) is 3. The number of aliphatic imine (C=N–C) groups is 1. The Morgan fingerprint density at radius 1 is 1.14 bits per heavy atom. The van der Waals surface area contributed by atoms with Gasteiger partial charge in [-0.25, -0.2) is 0 Å². The Kier molecular flexibility index (Phi) is 2.82. The highest BCUT2D eigenvalue weighted by molar-refractivity contribution is 9.10. The van der Waals surface area contributed by atoms with Crippen molar-refractivity contribution in [2.45, 2.75) is 18.4 Å². The zero-order valence-electron chi connectivity index (χ0n) is 11.6. The minimum Gasteiger partial charge on any atom is -0.369 e. The van der Waals surface area contributed by atoms with Gasteiger partial charge in [-0.1, -0.05) is 46.3 Å². The van der Waals surface area contributed by atoms with Gasteiger partial charge < -0.3 is 10.6 Å². The first-order valence-electron chi connectivity index (χ1n) is 7.15. The van der Waals surface area contributed by atoms with Gasteiger partial charge in [0.25, 0.3) is 0 Å². The van der Waals surface area contributed by atoms with Crippen molar-refractivity contribution >= 4 is 27.6 Å². The molecule has 1 aliphatic carbocycles. The van der Waals surface area contributed by atoms with E-state index in [1.54, 1.807) is 0 Å². The average Bonchev–Trinajstić information content (AvgIpc) is 3.02. The SMILES string of the molecule is NC1=NCC2(CCc3ccccc32)N1c1cccc(Br)c1. The Hall–Kier alpha value is -1.81. The lowest BCUT2D eigenvalue weighted by Crippen LogP contribution is -2.48. The zero-order valence-corrected chi connectivity index (χ0v) is 13.2. The highest BCUT2D eigenvalue weighted by Gasteiger charge is 2.48. The normalized spacial score (nSPS) is 23.5. The predicted octanol–water partition coefficient (Wildman–Crippen LogP) is 3.43. The van der Waals surface area contributed by atoms with Crippen LogP contribution in [0.2, 0.25) is 0 Å². The van der Waals surface area contributed by atoms with Crippen molar-refractivity contribution in [3.63, 3.8) is 0 Å². The smallest absolute Gasteiger partial charge is 0.196 e. The largest absolute Gasteiger partial charge is 0.369 e. The van der Waals surface area contributed by atoms with Crippen LogP contribution < -0.4 is 10.6 Å². The quantitative estimate of drug-likeness (QED) is 0.863. The van der Waals surface area contributed by atoms with E-state index in [1.807, 2.05) is 12.1 Å². The first-order chi connectivity index (χ1) is 10.2. The summed E-state index contributed by atoms with van der Waals surface area (Å²) in [6.07, 6.45) is 2.15. The van der Waals surface area contributed by atoms with Crippen LogP contribution >= 0.6 is 15.9 Å². The van der Waals surface area contributed by atoms with Crippen molar-refractivity contribution in [2.24, 2.45) is 10.7 Å². The highest BCUT2D eigenvalue weighted by Crippen LogP contribution is 2.46. The van der Waals surface area contributed by atoms with Gasteiger partial charge in [-0.2, -0.15) is 0 Å². The zero-order chi connectivity index (χ0) is 14.4. The Labute approximate surface area is 132 Å². The summed E-state index contributed by atoms with van der Waals surface area (Å²) in [5.74, 6) is 0.616. The van der Waals surface area contributed by atoms with Crippen molar-refractivity contribution in [3.05, 3.63) is 64.1 Å². The van der Waals surface area contributed by atoms with E-state index in [4.69, 9.17) is 5.73 Å². The summed E-state index contributed by atoms with van der Waals surface area (Å²) < 4.78 is 1.06. The van der Waals surface area contributed by atoms with Crippen LogP contribution in [0.5, 0.6) is 0 Å². The molecule has 3 nitrogen and oxygen atoms in total. The Morgan fingerprint density at radius 3 is 2.86 bits per heavy atom. The van der Waals surface area contributed by atoms with Gasteiger partial charge in [0.1, 0.15) is 0 Å². The molecule has 2 aliphatic rings. The topological polar surface area (TPSA) is 41.6 Å². The summed E-state index contributed by atoms with van der Waals surface area (Å²) >= 11 is 3.55. The molecular weight excluding hydrogens is 326 g/mol. The number of halogens is 1. The van der Waals surface area contributed by atoms with Crippen LogP contribution in [-0.2, 0) is 12.0 Å². The third-order valence-corrected chi connectivity index (χ3v) is 5.05. The van der Waals surface area contributed by atoms with Crippen molar-refractivity contribution in [1.29, 1.82) is 0 Å². The lowest BCUT2D eigenvalue weighted by Gasteiger charge is -2.37. The Balaban J connectivity index is 1.87. The molecule has 4 rings (SSSR count). The minimum atomic E-state index is -0.110. The molecule has 1 spiro atoms. The summed E-state index contributed by atoms with van der Waals surface area (Å²) in [4.78, 5) is 6.77. The van der Waals surface area contributed by atoms with Crippen LogP contribution in [0.25, 0.3) is 0 Å². The molecule has 21 heavy (non-hydrogen) atoms. The summed E-state index contributed by atoms with van der Waals surface area (Å²) in [5.41, 5.74) is 10.0. The molecule has 0 amide bonds. The summed E-state index contributed by atoms with van der Waals surface area (Å²) in [5, 5.41) is 0. The van der Waals surface area contributed by atoms with Crippen LogP contribution in [-0.4, -0.2) is 12.5 Å². The number of nitrogens with two attached hydrogens (primary N) is 1. The Morgan fingerprint density at radius 2 is 2.00 bits per heavy atom. The van der Waals surface area contributed by atoms with E-state index >= 15 is 0 Å². The summed E-state index contributed by atoms with van der Waals surface area (Å²) in [6, 6.07) is 16.9. The second kappa shape index (κ2) is 4.60. The van der Waals surface area contributed by atoms with Crippen LogP contribution in [0, 0.1) is 0 Å². The molecule has 0 bridgehead atoms. The van der Waals surface area contributed by atoms with Gasteiger partial charge in [0, 0.05) is 10.2 Å². The van der Waals surface area contributed by atoms with E-state index in [-0.39, 0.29) is 5.54 Å². The molecule has 106 valence electrons. The van der Waals surface area contributed by atoms with Crippen molar-refractivity contribution in [3.8, 4) is 0 Å². The molecule has 2 N–H and O–H groups in total. The molecule has 0 fully saturated rings. The molecule has 1 unspecified atom stereocenters. The number of rotatable bonds is 1. The molecule has 0 aromatic heterocycles. The monoisotopic (exact) mass is 341 g/mol. The van der Waals surface area contributed by atoms with E-state index in [0.29, 0.717) is 5.96 Å². The highest BCUT2D eigenvalue weighted by atomic mass is 79.9. The number of aryl methyl sites for hydroxylation is 1. The second-order valence-electron chi connectivity index (χ2n) is 5.68. The van der Waals surface area contributed by atoms with Crippen molar-refractivity contribution < 1.29 is 0 Å². The predicted molar refractivity (Wildman–Crippen MR) is 89.6 cm³/mol. The molecule has 1 heterocycles. The number of guanidine groups is 1. The molecule has 2 aromatic carbocycles. The molecule has 0 radical (unpaired) electrons. The van der Waals surface area contributed by atoms with E-state index in [0.717, 1.165) is 29.5 Å². The van der Waals surface area contributed by atoms with Gasteiger partial charge in [0.05, 0.1) is 12.1 Å². The van der Waals surface area contributed by atoms with Crippen LogP contribution in [0.4, 0.5) is 5.69 Å². The minimum absolute atomic E-state index is 0.110. The molecular formula is C17H16BrN3. The van der Waals surface area contributed by atoms with Crippen LogP contribution in [0.1, 0.15) is 17.5 Å². The van der Waals surface area contributed by atoms with Gasteiger partial charge in [-0.3, -0.25) is 4.99 Å². The lowest BCUT2D eigenvalue weighted by molar-refractivity contribution is 0.476. The number of benzene rings is 2. The lowest BCUT2D eigenvalue weighted by atomic mass is 9.90. The summed E-state index contributed by atoms with van der Waals surface area (Å²) in [6.45, 7) is 0.738. The molecule has 0 saturated heterocycles. The van der Waals surface area contributed by atoms with E-state index < -0.39 is 0 Å². The molecule has 0 saturated carbocycles. The van der Waals surface area contributed by atoms with E-state index in [9.17, 15) is 0 Å². The van der Waals surface area contributed by atoms with E-state index in [1.165, 1.54) is 11.1 Å². The van der Waals surface area contributed by atoms with Gasteiger partial charge >= 0.3 is 0 Å². The van der Waals surface area contributed by atoms with Gasteiger partial charge in [0.2, 0.25) is 0 Å². The van der Waals surface area contributed by atoms with Crippen molar-refractivity contribution in [1.82, 2.24) is 0 Å². The standard InChI is InChI=1S/C17H16BrN3/c18-13-5-3-6-14(10-13)21-16(19)20-11-17(21)9-8-12-4-1-2-7-15(12)17/h1-7,10H,8-9,11H2,(H2,19,20). The number of anilines is 1. The number of nitrogens with zero attached hydrogens (tertiary/aromatic N) is 2. The molecule has 4 heteroatoms. The maximum absolute atomic E-state index is 6.23. The van der Waals surface area contributed by atoms with Crippen LogP contribution in [0.3, 0.4) is 0 Å². The van der Waals surface area contributed by atoms with Crippen molar-refractivity contribution in [2.75, 3.05) is 11.4 Å². The molecule has 1 aliphatic heterocycles. The Bertz CT molecular complexity index is 740. The second-order valence-corrected chi connectivity index (χ2v) is 6.59. The molecule has 2 aromatic rings. The summed E-state index contributed by atoms with van der Waals surface area (Å²) in [7, 11) is 0. The van der Waals surface area contributed by atoms with Gasteiger partial charge in [-0.15, -0.1) is 0 Å². The number of fused-ring (bicyclic) bond motifs is 2. The van der Waals surface area contributed by atoms with Crippen LogP contribution in [0.15, 0.2) is 58.0 Å². The maximum atomic E-state index is 6.23. The average molecular weight is 342 g/mol. The van der Waals surface area contributed by atoms with Gasteiger partial charge in [-0.05, 0) is 42.2 Å².